The molecule has 4 aromatic rings. The molecule has 0 saturated carbocycles. The van der Waals surface area contributed by atoms with Crippen LogP contribution in [0.1, 0.15) is 45.0 Å². The summed E-state index contributed by atoms with van der Waals surface area (Å²) in [5.41, 5.74) is 4.67. The van der Waals surface area contributed by atoms with Crippen LogP contribution in [-0.2, 0) is 16.0 Å². The van der Waals surface area contributed by atoms with Crippen molar-refractivity contribution in [3.8, 4) is 0 Å². The normalized spacial score (nSPS) is 14.3. The molecule has 0 unspecified atom stereocenters. The van der Waals surface area contributed by atoms with E-state index >= 15 is 0 Å². The van der Waals surface area contributed by atoms with Gasteiger partial charge in [-0.1, -0.05) is 29.4 Å². The van der Waals surface area contributed by atoms with Crippen LogP contribution >= 0.6 is 11.3 Å². The van der Waals surface area contributed by atoms with E-state index in [1.54, 1.807) is 24.3 Å². The van der Waals surface area contributed by atoms with Gasteiger partial charge in [-0.3, -0.25) is 10.1 Å². The van der Waals surface area contributed by atoms with Crippen molar-refractivity contribution in [2.45, 2.75) is 26.2 Å². The fourth-order valence-electron chi connectivity index (χ4n) is 4.05. The first kappa shape index (κ1) is 21.1. The van der Waals surface area contributed by atoms with Crippen molar-refractivity contribution in [2.24, 2.45) is 0 Å². The van der Waals surface area contributed by atoms with E-state index < -0.39 is 18.5 Å². The predicted molar refractivity (Wildman–Crippen MR) is 127 cm³/mol. The van der Waals surface area contributed by atoms with Crippen LogP contribution in [0.25, 0.3) is 22.6 Å². The first-order valence-corrected chi connectivity index (χ1v) is 11.5. The van der Waals surface area contributed by atoms with Crippen molar-refractivity contribution < 1.29 is 18.8 Å². The maximum absolute atomic E-state index is 13.2. The number of aryl methyl sites for hydroxylation is 1. The number of esters is 1. The number of nitrogens with zero attached hydrogens (tertiary/aromatic N) is 2. The number of allylic oxidation sites excluding steroid dienone is 1. The van der Waals surface area contributed by atoms with Gasteiger partial charge in [-0.15, -0.1) is 11.3 Å². The number of rotatable bonds is 5. The highest BCUT2D eigenvalue weighted by Crippen LogP contribution is 2.36. The Labute approximate surface area is 194 Å². The zero-order chi connectivity index (χ0) is 22.8. The molecule has 0 fully saturated rings. The van der Waals surface area contributed by atoms with E-state index in [4.69, 9.17) is 14.2 Å². The number of thiophene rings is 1. The van der Waals surface area contributed by atoms with Gasteiger partial charge in [-0.25, -0.2) is 9.78 Å². The van der Waals surface area contributed by atoms with Crippen molar-refractivity contribution in [2.75, 3.05) is 11.9 Å². The standard InChI is InChI=1S/C25H21N3O4S/c1-15-12-22(32-28-15)27-21(29)14-31-25(30)23-18-8-2-3-10-20(18)26-24-16(6-4-9-19(23)24)13-17-7-5-11-33-17/h2-3,5,7-8,10-13H,4,6,9,14H2,1H3,(H,27,29)/b16-13+. The molecule has 0 atom stereocenters. The molecule has 166 valence electrons. The molecule has 0 radical (unpaired) electrons. The maximum Gasteiger partial charge on any atom is 0.339 e. The van der Waals surface area contributed by atoms with E-state index in [2.05, 4.69) is 22.6 Å². The molecule has 33 heavy (non-hydrogen) atoms. The third kappa shape index (κ3) is 4.42. The number of nitrogens with one attached hydrogen (secondary N) is 1. The number of benzene rings is 1. The molecular weight excluding hydrogens is 438 g/mol. The van der Waals surface area contributed by atoms with Crippen LogP contribution in [0.15, 0.2) is 52.4 Å². The predicted octanol–water partition coefficient (Wildman–Crippen LogP) is 5.27. The highest BCUT2D eigenvalue weighted by atomic mass is 32.1. The lowest BCUT2D eigenvalue weighted by Gasteiger charge is -2.22. The smallest absolute Gasteiger partial charge is 0.339 e. The van der Waals surface area contributed by atoms with Gasteiger partial charge in [0.2, 0.25) is 5.88 Å². The van der Waals surface area contributed by atoms with Gasteiger partial charge in [0, 0.05) is 16.3 Å². The number of carbonyl (C=O) groups is 2. The molecule has 3 heterocycles. The van der Waals surface area contributed by atoms with Gasteiger partial charge in [-0.2, -0.15) is 0 Å². The second-order valence-corrected chi connectivity index (χ2v) is 8.81. The molecule has 7 nitrogen and oxygen atoms in total. The van der Waals surface area contributed by atoms with Crippen molar-refractivity contribution in [3.05, 3.63) is 75.2 Å². The topological polar surface area (TPSA) is 94.3 Å². The Bertz CT molecular complexity index is 1370. The molecule has 1 aliphatic rings. The second kappa shape index (κ2) is 8.99. The van der Waals surface area contributed by atoms with E-state index in [9.17, 15) is 9.59 Å². The SMILES string of the molecule is Cc1cc(NC(=O)COC(=O)c2c3c(nc4ccccc24)/C(=C/c2cccs2)CCC3)on1. The monoisotopic (exact) mass is 459 g/mol. The van der Waals surface area contributed by atoms with E-state index in [1.807, 2.05) is 35.7 Å². The minimum absolute atomic E-state index is 0.212. The van der Waals surface area contributed by atoms with Crippen LogP contribution in [-0.4, -0.2) is 28.6 Å². The number of hydrogen-bond donors (Lipinski definition) is 1. The maximum atomic E-state index is 13.2. The number of aromatic nitrogens is 2. The second-order valence-electron chi connectivity index (χ2n) is 7.83. The first-order chi connectivity index (χ1) is 16.1. The van der Waals surface area contributed by atoms with Crippen LogP contribution in [0, 0.1) is 6.92 Å². The van der Waals surface area contributed by atoms with E-state index in [1.165, 1.54) is 0 Å². The summed E-state index contributed by atoms with van der Waals surface area (Å²) in [5.74, 6) is -0.820. The zero-order valence-electron chi connectivity index (χ0n) is 18.0. The number of anilines is 1. The van der Waals surface area contributed by atoms with Crippen molar-refractivity contribution in [1.82, 2.24) is 10.1 Å². The van der Waals surface area contributed by atoms with Gasteiger partial charge in [-0.05, 0) is 60.9 Å². The average Bonchev–Trinajstić information content (AvgIpc) is 3.48. The summed E-state index contributed by atoms with van der Waals surface area (Å²) >= 11 is 1.67. The highest BCUT2D eigenvalue weighted by Gasteiger charge is 2.26. The zero-order valence-corrected chi connectivity index (χ0v) is 18.8. The quantitative estimate of drug-likeness (QED) is 0.409. The molecule has 0 spiro atoms. The molecular formula is C25H21N3O4S. The first-order valence-electron chi connectivity index (χ1n) is 10.6. The van der Waals surface area contributed by atoms with Gasteiger partial charge in [0.25, 0.3) is 5.91 Å². The van der Waals surface area contributed by atoms with E-state index in [0.29, 0.717) is 11.3 Å². The van der Waals surface area contributed by atoms with Crippen LogP contribution in [0.4, 0.5) is 5.88 Å². The Morgan fingerprint density at radius 1 is 1.21 bits per heavy atom. The van der Waals surface area contributed by atoms with Crippen LogP contribution < -0.4 is 5.32 Å². The van der Waals surface area contributed by atoms with Gasteiger partial charge in [0.05, 0.1) is 22.5 Å². The Balaban J connectivity index is 1.47. The molecule has 0 aliphatic heterocycles. The molecule has 1 amide bonds. The summed E-state index contributed by atoms with van der Waals surface area (Å²) in [4.78, 5) is 31.5. The molecule has 0 saturated heterocycles. The summed E-state index contributed by atoms with van der Waals surface area (Å²) < 4.78 is 10.4. The lowest BCUT2D eigenvalue weighted by molar-refractivity contribution is -0.119. The summed E-state index contributed by atoms with van der Waals surface area (Å²) in [7, 11) is 0. The number of para-hydroxylation sites is 1. The minimum atomic E-state index is -0.536. The van der Waals surface area contributed by atoms with E-state index in [0.717, 1.165) is 51.9 Å². The van der Waals surface area contributed by atoms with Crippen LogP contribution in [0.2, 0.25) is 0 Å². The van der Waals surface area contributed by atoms with Crippen LogP contribution in [0.5, 0.6) is 0 Å². The number of ether oxygens (including phenoxy) is 1. The lowest BCUT2D eigenvalue weighted by Crippen LogP contribution is -2.22. The molecule has 8 heteroatoms. The van der Waals surface area contributed by atoms with Crippen molar-refractivity contribution in [1.29, 1.82) is 0 Å². The summed E-state index contributed by atoms with van der Waals surface area (Å²) in [5, 5.41) is 9.02. The Morgan fingerprint density at radius 3 is 2.88 bits per heavy atom. The van der Waals surface area contributed by atoms with Gasteiger partial charge >= 0.3 is 5.97 Å². The minimum Gasteiger partial charge on any atom is -0.452 e. The number of carbonyl (C=O) groups excluding carboxylic acids is 2. The Hall–Kier alpha value is -3.78. The van der Waals surface area contributed by atoms with Crippen LogP contribution in [0.3, 0.4) is 0 Å². The number of amides is 1. The van der Waals surface area contributed by atoms with Gasteiger partial charge in [0.15, 0.2) is 6.61 Å². The third-order valence-electron chi connectivity index (χ3n) is 5.46. The molecule has 1 aromatic carbocycles. The molecule has 0 bridgehead atoms. The van der Waals surface area contributed by atoms with E-state index in [-0.39, 0.29) is 5.88 Å². The number of pyridine rings is 1. The largest absolute Gasteiger partial charge is 0.452 e. The molecule has 1 aliphatic carbocycles. The molecule has 3 aromatic heterocycles. The summed E-state index contributed by atoms with van der Waals surface area (Å²) in [6.45, 7) is 1.32. The number of fused-ring (bicyclic) bond motifs is 2. The summed E-state index contributed by atoms with van der Waals surface area (Å²) in [6.07, 6.45) is 4.68. The average molecular weight is 460 g/mol. The van der Waals surface area contributed by atoms with Crippen molar-refractivity contribution >= 4 is 51.6 Å². The van der Waals surface area contributed by atoms with Gasteiger partial charge < -0.3 is 9.26 Å². The van der Waals surface area contributed by atoms with Gasteiger partial charge in [0.1, 0.15) is 0 Å². The fourth-order valence-corrected chi connectivity index (χ4v) is 4.73. The third-order valence-corrected chi connectivity index (χ3v) is 6.28. The Morgan fingerprint density at radius 2 is 2.09 bits per heavy atom. The molecule has 5 rings (SSSR count). The summed E-state index contributed by atoms with van der Waals surface area (Å²) in [6, 6.07) is 13.2. The van der Waals surface area contributed by atoms with Crippen molar-refractivity contribution in [3.63, 3.8) is 0 Å². The number of hydrogen-bond acceptors (Lipinski definition) is 7. The highest BCUT2D eigenvalue weighted by molar-refractivity contribution is 7.10. The molecule has 1 N–H and O–H groups in total. The fraction of sp³-hybridized carbons (Fsp3) is 0.200. The lowest BCUT2D eigenvalue weighted by atomic mass is 9.86. The Kier molecular flexibility index (Phi) is 5.75.